The van der Waals surface area contributed by atoms with Gasteiger partial charge < -0.3 is 20.9 Å². The molecule has 17 heavy (non-hydrogen) atoms. The van der Waals surface area contributed by atoms with Crippen molar-refractivity contribution < 1.29 is 19.0 Å². The molecule has 1 aliphatic rings. The molecule has 0 amide bonds. The van der Waals surface area contributed by atoms with Crippen molar-refractivity contribution in [3.8, 4) is 0 Å². The number of hydrogen-bond donors (Lipinski definition) is 3. The monoisotopic (exact) mass is 240 g/mol. The number of nitrogens with two attached hydrogens (primary N) is 1. The molecule has 6 heteroatoms. The highest BCUT2D eigenvalue weighted by atomic mass is 19.1. The second kappa shape index (κ2) is 4.58. The van der Waals surface area contributed by atoms with E-state index in [2.05, 4.69) is 5.32 Å². The Bertz CT molecular complexity index is 447. The van der Waals surface area contributed by atoms with Crippen molar-refractivity contribution in [3.63, 3.8) is 0 Å². The Labute approximate surface area is 97.4 Å². The van der Waals surface area contributed by atoms with Gasteiger partial charge in [-0.05, 0) is 18.6 Å². The van der Waals surface area contributed by atoms with Crippen LogP contribution in [0.1, 0.15) is 16.8 Å². The normalized spacial score (nSPS) is 18.5. The second-order valence-corrected chi connectivity index (χ2v) is 3.89. The highest BCUT2D eigenvalue weighted by molar-refractivity contribution is 5.90. The molecule has 1 atom stereocenters. The van der Waals surface area contributed by atoms with E-state index in [1.54, 1.807) is 0 Å². The van der Waals surface area contributed by atoms with Crippen LogP contribution in [-0.2, 0) is 4.74 Å². The average molecular weight is 240 g/mol. The average Bonchev–Trinajstić information content (AvgIpc) is 2.18. The van der Waals surface area contributed by atoms with Gasteiger partial charge in [-0.2, -0.15) is 0 Å². The third-order valence-corrected chi connectivity index (χ3v) is 2.68. The van der Waals surface area contributed by atoms with Gasteiger partial charge in [0.1, 0.15) is 5.82 Å². The Hall–Kier alpha value is -1.82. The minimum atomic E-state index is -1.31. The number of benzene rings is 1. The van der Waals surface area contributed by atoms with Crippen molar-refractivity contribution >= 4 is 17.3 Å². The summed E-state index contributed by atoms with van der Waals surface area (Å²) in [5, 5.41) is 11.7. The molecular formula is C11H13FN2O3. The molecule has 1 saturated heterocycles. The van der Waals surface area contributed by atoms with Gasteiger partial charge in [-0.25, -0.2) is 9.18 Å². The van der Waals surface area contributed by atoms with Crippen LogP contribution in [-0.4, -0.2) is 30.3 Å². The van der Waals surface area contributed by atoms with Crippen molar-refractivity contribution in [2.45, 2.75) is 12.5 Å². The van der Waals surface area contributed by atoms with Crippen molar-refractivity contribution in [1.82, 2.24) is 0 Å². The minimum Gasteiger partial charge on any atom is -0.478 e. The summed E-state index contributed by atoms with van der Waals surface area (Å²) in [5.41, 5.74) is 5.81. The van der Waals surface area contributed by atoms with Gasteiger partial charge >= 0.3 is 5.97 Å². The van der Waals surface area contributed by atoms with E-state index in [1.807, 2.05) is 0 Å². The summed E-state index contributed by atoms with van der Waals surface area (Å²) >= 11 is 0. The SMILES string of the molecule is Nc1cc(F)c(C(=O)O)cc1NC[C@@H]1CCO1. The summed E-state index contributed by atoms with van der Waals surface area (Å²) in [7, 11) is 0. The number of anilines is 2. The predicted octanol–water partition coefficient (Wildman–Crippen LogP) is 1.31. The third-order valence-electron chi connectivity index (χ3n) is 2.68. The molecule has 4 N–H and O–H groups in total. The Morgan fingerprint density at radius 1 is 1.65 bits per heavy atom. The Balaban J connectivity index is 2.14. The zero-order valence-corrected chi connectivity index (χ0v) is 9.07. The molecule has 92 valence electrons. The zero-order chi connectivity index (χ0) is 12.4. The lowest BCUT2D eigenvalue weighted by Gasteiger charge is -2.27. The van der Waals surface area contributed by atoms with E-state index < -0.39 is 17.3 Å². The quantitative estimate of drug-likeness (QED) is 0.691. The summed E-state index contributed by atoms with van der Waals surface area (Å²) < 4.78 is 18.4. The molecule has 0 aliphatic carbocycles. The number of nitrogen functional groups attached to an aromatic ring is 1. The minimum absolute atomic E-state index is 0.118. The van der Waals surface area contributed by atoms with Crippen molar-refractivity contribution in [1.29, 1.82) is 0 Å². The van der Waals surface area contributed by atoms with Crippen molar-refractivity contribution in [3.05, 3.63) is 23.5 Å². The smallest absolute Gasteiger partial charge is 0.338 e. The molecule has 5 nitrogen and oxygen atoms in total. The maximum Gasteiger partial charge on any atom is 0.338 e. The maximum atomic E-state index is 13.2. The van der Waals surface area contributed by atoms with Gasteiger partial charge in [-0.3, -0.25) is 0 Å². The number of rotatable bonds is 4. The van der Waals surface area contributed by atoms with Crippen molar-refractivity contribution in [2.24, 2.45) is 0 Å². The summed E-state index contributed by atoms with van der Waals surface area (Å²) in [6.45, 7) is 1.28. The van der Waals surface area contributed by atoms with Gasteiger partial charge in [0.15, 0.2) is 0 Å². The number of carboxylic acid groups (broad SMARTS) is 1. The van der Waals surface area contributed by atoms with E-state index in [9.17, 15) is 9.18 Å². The lowest BCUT2D eigenvalue weighted by atomic mass is 10.1. The van der Waals surface area contributed by atoms with Crippen LogP contribution in [0.2, 0.25) is 0 Å². The first-order valence-electron chi connectivity index (χ1n) is 5.25. The van der Waals surface area contributed by atoms with Crippen LogP contribution in [0.5, 0.6) is 0 Å². The summed E-state index contributed by atoms with van der Waals surface area (Å²) in [6.07, 6.45) is 1.08. The molecular weight excluding hydrogens is 227 g/mol. The number of carboxylic acids is 1. The third kappa shape index (κ3) is 2.47. The molecule has 1 aromatic carbocycles. The van der Waals surface area contributed by atoms with Crippen LogP contribution in [0.3, 0.4) is 0 Å². The molecule has 0 bridgehead atoms. The molecule has 1 fully saturated rings. The van der Waals surface area contributed by atoms with E-state index in [4.69, 9.17) is 15.6 Å². The van der Waals surface area contributed by atoms with Crippen LogP contribution in [0, 0.1) is 5.82 Å². The molecule has 1 aliphatic heterocycles. The summed E-state index contributed by atoms with van der Waals surface area (Å²) in [4.78, 5) is 10.8. The second-order valence-electron chi connectivity index (χ2n) is 3.89. The predicted molar refractivity (Wildman–Crippen MR) is 60.6 cm³/mol. The molecule has 0 saturated carbocycles. The number of aromatic carboxylic acids is 1. The Morgan fingerprint density at radius 3 is 2.88 bits per heavy atom. The van der Waals surface area contributed by atoms with Gasteiger partial charge in [-0.1, -0.05) is 0 Å². The van der Waals surface area contributed by atoms with E-state index in [1.165, 1.54) is 6.07 Å². The topological polar surface area (TPSA) is 84.6 Å². The van der Waals surface area contributed by atoms with Crippen LogP contribution in [0.25, 0.3) is 0 Å². The number of hydrogen-bond acceptors (Lipinski definition) is 4. The number of nitrogens with one attached hydrogen (secondary N) is 1. The Kier molecular flexibility index (Phi) is 3.14. The number of halogens is 1. The maximum absolute atomic E-state index is 13.2. The lowest BCUT2D eigenvalue weighted by molar-refractivity contribution is -0.0410. The highest BCUT2D eigenvalue weighted by Gasteiger charge is 2.19. The fourth-order valence-corrected chi connectivity index (χ4v) is 1.57. The van der Waals surface area contributed by atoms with Crippen LogP contribution < -0.4 is 11.1 Å². The molecule has 0 radical (unpaired) electrons. The summed E-state index contributed by atoms with van der Waals surface area (Å²) in [5.74, 6) is -2.15. The Morgan fingerprint density at radius 2 is 2.35 bits per heavy atom. The molecule has 1 aromatic rings. The molecule has 0 spiro atoms. The molecule has 0 aromatic heterocycles. The first kappa shape index (κ1) is 11.7. The molecule has 1 heterocycles. The van der Waals surface area contributed by atoms with Gasteiger partial charge in [0.25, 0.3) is 0 Å². The van der Waals surface area contributed by atoms with Crippen molar-refractivity contribution in [2.75, 3.05) is 24.2 Å². The zero-order valence-electron chi connectivity index (χ0n) is 9.07. The van der Waals surface area contributed by atoms with Crippen LogP contribution >= 0.6 is 0 Å². The molecule has 0 unspecified atom stereocenters. The standard InChI is InChI=1S/C11H13FN2O3/c12-8-4-9(13)10(3-7(8)11(15)16)14-5-6-1-2-17-6/h3-4,6,14H,1-2,5,13H2,(H,15,16)/t6-/m0/s1. The highest BCUT2D eigenvalue weighted by Crippen LogP contribution is 2.24. The van der Waals surface area contributed by atoms with E-state index in [0.29, 0.717) is 12.2 Å². The van der Waals surface area contributed by atoms with Gasteiger partial charge in [0.2, 0.25) is 0 Å². The first-order chi connectivity index (χ1) is 8.08. The summed E-state index contributed by atoms with van der Waals surface area (Å²) in [6, 6.07) is 2.21. The first-order valence-corrected chi connectivity index (χ1v) is 5.25. The van der Waals surface area contributed by atoms with Gasteiger partial charge in [0, 0.05) is 13.2 Å². The van der Waals surface area contributed by atoms with E-state index in [0.717, 1.165) is 19.1 Å². The number of ether oxygens (including phenoxy) is 1. The van der Waals surface area contributed by atoms with Gasteiger partial charge in [-0.15, -0.1) is 0 Å². The molecule has 2 rings (SSSR count). The van der Waals surface area contributed by atoms with E-state index >= 15 is 0 Å². The lowest BCUT2D eigenvalue weighted by Crippen LogP contribution is -2.33. The fourth-order valence-electron chi connectivity index (χ4n) is 1.57. The van der Waals surface area contributed by atoms with Crippen LogP contribution in [0.15, 0.2) is 12.1 Å². The van der Waals surface area contributed by atoms with E-state index in [-0.39, 0.29) is 11.8 Å². The largest absolute Gasteiger partial charge is 0.478 e. The number of carbonyl (C=O) groups is 1. The fraction of sp³-hybridized carbons (Fsp3) is 0.364. The van der Waals surface area contributed by atoms with Crippen LogP contribution in [0.4, 0.5) is 15.8 Å². The van der Waals surface area contributed by atoms with Gasteiger partial charge in [0.05, 0.1) is 23.0 Å².